The first-order valence-corrected chi connectivity index (χ1v) is 6.63. The van der Waals surface area contributed by atoms with Crippen molar-refractivity contribution in [1.82, 2.24) is 4.90 Å². The molecular formula is C14H21N3O2. The van der Waals surface area contributed by atoms with Gasteiger partial charge in [0.05, 0.1) is 4.92 Å². The number of anilines is 1. The second-order valence-corrected chi connectivity index (χ2v) is 6.09. The number of hydrogen-bond acceptors (Lipinski definition) is 4. The standard InChI is InChI=1S/C14H21N3O2/c1-14(2)7-4-8-16(10-14)9-11-5-3-6-12(13(11)15)17(18)19/h3,5-6H,4,7-10,15H2,1-2H3. The first kappa shape index (κ1) is 13.8. The van der Waals surface area contributed by atoms with Crippen LogP contribution < -0.4 is 5.73 Å². The van der Waals surface area contributed by atoms with Gasteiger partial charge in [-0.25, -0.2) is 0 Å². The van der Waals surface area contributed by atoms with Crippen LogP contribution in [0.15, 0.2) is 18.2 Å². The Morgan fingerprint density at radius 3 is 2.84 bits per heavy atom. The van der Waals surface area contributed by atoms with Gasteiger partial charge in [-0.3, -0.25) is 15.0 Å². The van der Waals surface area contributed by atoms with Crippen LogP contribution >= 0.6 is 0 Å². The molecule has 0 radical (unpaired) electrons. The Hall–Kier alpha value is -1.62. The lowest BCUT2D eigenvalue weighted by molar-refractivity contribution is -0.384. The topological polar surface area (TPSA) is 72.4 Å². The predicted molar refractivity (Wildman–Crippen MR) is 75.8 cm³/mol. The average molecular weight is 263 g/mol. The van der Waals surface area contributed by atoms with E-state index in [-0.39, 0.29) is 5.69 Å². The number of nitrogens with two attached hydrogens (primary N) is 1. The lowest BCUT2D eigenvalue weighted by atomic mass is 9.84. The molecule has 0 amide bonds. The summed E-state index contributed by atoms with van der Waals surface area (Å²) in [6, 6.07) is 5.04. The summed E-state index contributed by atoms with van der Waals surface area (Å²) in [7, 11) is 0. The van der Waals surface area contributed by atoms with Gasteiger partial charge in [0, 0.05) is 19.2 Å². The van der Waals surface area contributed by atoms with Crippen molar-refractivity contribution in [3.05, 3.63) is 33.9 Å². The lowest BCUT2D eigenvalue weighted by Gasteiger charge is -2.38. The molecule has 0 unspecified atom stereocenters. The van der Waals surface area contributed by atoms with E-state index in [1.165, 1.54) is 18.9 Å². The summed E-state index contributed by atoms with van der Waals surface area (Å²) in [5.41, 5.74) is 7.38. The third-order valence-corrected chi connectivity index (χ3v) is 3.74. The highest BCUT2D eigenvalue weighted by Crippen LogP contribution is 2.31. The molecule has 1 aliphatic heterocycles. The number of benzene rings is 1. The summed E-state index contributed by atoms with van der Waals surface area (Å²) in [4.78, 5) is 12.8. The summed E-state index contributed by atoms with van der Waals surface area (Å²) >= 11 is 0. The molecule has 0 aromatic heterocycles. The van der Waals surface area contributed by atoms with Crippen molar-refractivity contribution in [2.75, 3.05) is 18.8 Å². The molecule has 1 heterocycles. The first-order valence-electron chi connectivity index (χ1n) is 6.63. The van der Waals surface area contributed by atoms with Crippen molar-refractivity contribution in [3.63, 3.8) is 0 Å². The minimum Gasteiger partial charge on any atom is -0.393 e. The van der Waals surface area contributed by atoms with Gasteiger partial charge >= 0.3 is 0 Å². The molecule has 5 nitrogen and oxygen atoms in total. The highest BCUT2D eigenvalue weighted by molar-refractivity contribution is 5.62. The van der Waals surface area contributed by atoms with E-state index in [0.29, 0.717) is 17.6 Å². The first-order chi connectivity index (χ1) is 8.89. The highest BCUT2D eigenvalue weighted by atomic mass is 16.6. The summed E-state index contributed by atoms with van der Waals surface area (Å²) in [6.07, 6.45) is 2.40. The van der Waals surface area contributed by atoms with Gasteiger partial charge in [-0.15, -0.1) is 0 Å². The number of piperidine rings is 1. The van der Waals surface area contributed by atoms with Crippen molar-refractivity contribution < 1.29 is 4.92 Å². The molecule has 1 aromatic carbocycles. The molecule has 104 valence electrons. The van der Waals surface area contributed by atoms with Crippen molar-refractivity contribution >= 4 is 11.4 Å². The van der Waals surface area contributed by atoms with E-state index in [1.54, 1.807) is 6.07 Å². The zero-order valence-corrected chi connectivity index (χ0v) is 11.6. The smallest absolute Gasteiger partial charge is 0.292 e. The Kier molecular flexibility index (Phi) is 3.75. The molecule has 0 spiro atoms. The van der Waals surface area contributed by atoms with Gasteiger partial charge in [-0.1, -0.05) is 26.0 Å². The van der Waals surface area contributed by atoms with E-state index in [1.807, 2.05) is 6.07 Å². The van der Waals surface area contributed by atoms with Gasteiger partial charge < -0.3 is 5.73 Å². The SMILES string of the molecule is CC1(C)CCCN(Cc2cccc([N+](=O)[O-])c2N)C1. The van der Waals surface area contributed by atoms with Crippen molar-refractivity contribution in [2.45, 2.75) is 33.2 Å². The van der Waals surface area contributed by atoms with Crippen LogP contribution in [0.3, 0.4) is 0 Å². The Morgan fingerprint density at radius 1 is 1.47 bits per heavy atom. The molecule has 5 heteroatoms. The van der Waals surface area contributed by atoms with Crippen LogP contribution in [-0.4, -0.2) is 22.9 Å². The van der Waals surface area contributed by atoms with Crippen molar-refractivity contribution in [3.8, 4) is 0 Å². The quantitative estimate of drug-likeness (QED) is 0.517. The summed E-state index contributed by atoms with van der Waals surface area (Å²) in [5.74, 6) is 0. The van der Waals surface area contributed by atoms with E-state index in [0.717, 1.165) is 18.7 Å². The third kappa shape index (κ3) is 3.23. The largest absolute Gasteiger partial charge is 0.393 e. The number of likely N-dealkylation sites (tertiary alicyclic amines) is 1. The van der Waals surface area contributed by atoms with Gasteiger partial charge in [-0.05, 0) is 30.4 Å². The maximum absolute atomic E-state index is 10.9. The molecule has 1 fully saturated rings. The fourth-order valence-corrected chi connectivity index (χ4v) is 2.82. The molecule has 0 bridgehead atoms. The number of para-hydroxylation sites is 1. The molecule has 0 aliphatic carbocycles. The van der Waals surface area contributed by atoms with E-state index >= 15 is 0 Å². The lowest BCUT2D eigenvalue weighted by Crippen LogP contribution is -2.39. The molecular weight excluding hydrogens is 242 g/mol. The summed E-state index contributed by atoms with van der Waals surface area (Å²) in [6.45, 7) is 7.25. The Balaban J connectivity index is 2.15. The highest BCUT2D eigenvalue weighted by Gasteiger charge is 2.27. The van der Waals surface area contributed by atoms with E-state index in [4.69, 9.17) is 5.73 Å². The maximum Gasteiger partial charge on any atom is 0.292 e. The second-order valence-electron chi connectivity index (χ2n) is 6.09. The van der Waals surface area contributed by atoms with E-state index < -0.39 is 4.92 Å². The number of nitrogens with zero attached hydrogens (tertiary/aromatic N) is 2. The second kappa shape index (κ2) is 5.17. The van der Waals surface area contributed by atoms with Gasteiger partial charge in [0.15, 0.2) is 0 Å². The van der Waals surface area contributed by atoms with Gasteiger partial charge in [-0.2, -0.15) is 0 Å². The summed E-state index contributed by atoms with van der Waals surface area (Å²) < 4.78 is 0. The van der Waals surface area contributed by atoms with Gasteiger partial charge in [0.25, 0.3) is 5.69 Å². The van der Waals surface area contributed by atoms with Crippen LogP contribution in [-0.2, 0) is 6.54 Å². The Bertz CT molecular complexity index is 486. The number of nitro groups is 1. The molecule has 2 N–H and O–H groups in total. The average Bonchev–Trinajstić information content (AvgIpc) is 2.30. The molecule has 0 atom stereocenters. The zero-order valence-electron chi connectivity index (χ0n) is 11.6. The molecule has 0 saturated carbocycles. The van der Waals surface area contributed by atoms with Gasteiger partial charge in [0.2, 0.25) is 0 Å². The van der Waals surface area contributed by atoms with Crippen LogP contribution in [0, 0.1) is 15.5 Å². The molecule has 1 aromatic rings. The fraction of sp³-hybridized carbons (Fsp3) is 0.571. The molecule has 19 heavy (non-hydrogen) atoms. The van der Waals surface area contributed by atoms with Crippen LogP contribution in [0.4, 0.5) is 11.4 Å². The van der Waals surface area contributed by atoms with Crippen molar-refractivity contribution in [1.29, 1.82) is 0 Å². The number of nitro benzene ring substituents is 1. The number of rotatable bonds is 3. The van der Waals surface area contributed by atoms with Crippen LogP contribution in [0.25, 0.3) is 0 Å². The maximum atomic E-state index is 10.9. The monoisotopic (exact) mass is 263 g/mol. The van der Waals surface area contributed by atoms with Gasteiger partial charge in [0.1, 0.15) is 5.69 Å². The van der Waals surface area contributed by atoms with Crippen molar-refractivity contribution in [2.24, 2.45) is 5.41 Å². The molecule has 2 rings (SSSR count). The molecule has 1 saturated heterocycles. The van der Waals surface area contributed by atoms with Crippen LogP contribution in [0.2, 0.25) is 0 Å². The number of hydrogen-bond donors (Lipinski definition) is 1. The Labute approximate surface area is 113 Å². The van der Waals surface area contributed by atoms with Crippen LogP contribution in [0.1, 0.15) is 32.3 Å². The summed E-state index contributed by atoms with van der Waals surface area (Å²) in [5, 5.41) is 10.9. The minimum atomic E-state index is -0.418. The minimum absolute atomic E-state index is 0.00812. The van der Waals surface area contributed by atoms with E-state index in [2.05, 4.69) is 18.7 Å². The Morgan fingerprint density at radius 2 is 2.21 bits per heavy atom. The predicted octanol–water partition coefficient (Wildman–Crippen LogP) is 2.80. The third-order valence-electron chi connectivity index (χ3n) is 3.74. The number of nitrogen functional groups attached to an aromatic ring is 1. The van der Waals surface area contributed by atoms with E-state index in [9.17, 15) is 10.1 Å². The fourth-order valence-electron chi connectivity index (χ4n) is 2.82. The molecule has 1 aliphatic rings. The normalized spacial score (nSPS) is 19.3. The van der Waals surface area contributed by atoms with Crippen LogP contribution in [0.5, 0.6) is 0 Å². The zero-order chi connectivity index (χ0) is 14.0.